The lowest BCUT2D eigenvalue weighted by Gasteiger charge is -2.51. The number of aromatic nitrogens is 3. The van der Waals surface area contributed by atoms with Crippen molar-refractivity contribution < 1.29 is 22.1 Å². The molecule has 0 amide bonds. The summed E-state index contributed by atoms with van der Waals surface area (Å²) in [7, 11) is -5.60. The third-order valence-electron chi connectivity index (χ3n) is 7.35. The summed E-state index contributed by atoms with van der Waals surface area (Å²) in [6.45, 7) is 17.4. The maximum absolute atomic E-state index is 16.1. The molecule has 2 aliphatic heterocycles. The molecule has 8 nitrogen and oxygen atoms in total. The smallest absolute Gasteiger partial charge is 0.335 e. The zero-order valence-electron chi connectivity index (χ0n) is 21.0. The molecule has 0 saturated carbocycles. The summed E-state index contributed by atoms with van der Waals surface area (Å²) >= 11 is 0. The Kier molecular flexibility index (Phi) is 6.60. The average molecular weight is 499 g/mol. The molecule has 11 heteroatoms. The molecule has 2 unspecified atom stereocenters. The highest BCUT2D eigenvalue weighted by atomic mass is 28.5. The summed E-state index contributed by atoms with van der Waals surface area (Å²) in [4.78, 5) is 0. The molecule has 2 fully saturated rings. The molecular formula is C22H39FN4O4Si2. The average Bonchev–Trinajstić information content (AvgIpc) is 3.37. The molecule has 0 aliphatic carbocycles. The van der Waals surface area contributed by atoms with E-state index in [9.17, 15) is 0 Å². The van der Waals surface area contributed by atoms with Gasteiger partial charge in [-0.2, -0.15) is 5.10 Å². The van der Waals surface area contributed by atoms with Crippen molar-refractivity contribution >= 4 is 34.0 Å². The van der Waals surface area contributed by atoms with Gasteiger partial charge in [-0.15, -0.1) is 0 Å². The van der Waals surface area contributed by atoms with E-state index in [2.05, 4.69) is 65.6 Å². The Labute approximate surface area is 197 Å². The second-order valence-electron chi connectivity index (χ2n) is 10.7. The Morgan fingerprint density at radius 2 is 1.67 bits per heavy atom. The Bertz CT molecular complexity index is 963. The van der Waals surface area contributed by atoms with Crippen LogP contribution in [0.4, 0.5) is 10.2 Å². The number of aromatic amines is 1. The number of ether oxygens (including phenoxy) is 1. The molecule has 4 rings (SSSR count). The fraction of sp³-hybridized carbons (Fsp3) is 0.773. The van der Waals surface area contributed by atoms with Crippen molar-refractivity contribution in [2.24, 2.45) is 0 Å². The van der Waals surface area contributed by atoms with Gasteiger partial charge in [0.15, 0.2) is 18.2 Å². The molecule has 2 aromatic heterocycles. The predicted octanol–water partition coefficient (Wildman–Crippen LogP) is 5.14. The van der Waals surface area contributed by atoms with Crippen LogP contribution in [0.5, 0.6) is 0 Å². The summed E-state index contributed by atoms with van der Waals surface area (Å²) in [5, 5.41) is 7.69. The minimum Gasteiger partial charge on any atom is -0.414 e. The van der Waals surface area contributed by atoms with E-state index < -0.39 is 41.7 Å². The minimum absolute atomic E-state index is 0.126. The lowest BCUT2D eigenvalue weighted by atomic mass is 10.1. The summed E-state index contributed by atoms with van der Waals surface area (Å²) < 4.78 is 44.8. The minimum atomic E-state index is -2.91. The van der Waals surface area contributed by atoms with Gasteiger partial charge in [-0.3, -0.25) is 5.10 Å². The topological polar surface area (TPSA) is 96.6 Å². The van der Waals surface area contributed by atoms with Crippen molar-refractivity contribution in [2.45, 2.75) is 102 Å². The van der Waals surface area contributed by atoms with Crippen molar-refractivity contribution in [3.05, 3.63) is 12.3 Å². The molecule has 3 N–H and O–H groups in total. The fourth-order valence-electron chi connectivity index (χ4n) is 5.49. The molecule has 0 aromatic carbocycles. The lowest BCUT2D eigenvalue weighted by Crippen LogP contribution is -2.65. The van der Waals surface area contributed by atoms with Crippen LogP contribution >= 0.6 is 0 Å². The van der Waals surface area contributed by atoms with E-state index in [4.69, 9.17) is 23.4 Å². The number of H-pyrrole nitrogens is 1. The molecule has 0 spiro atoms. The molecule has 186 valence electrons. The summed E-state index contributed by atoms with van der Waals surface area (Å²) in [6, 6.07) is 1.82. The first-order valence-electron chi connectivity index (χ1n) is 12.1. The van der Waals surface area contributed by atoms with Gasteiger partial charge in [0.2, 0.25) is 0 Å². The number of nitrogens with two attached hydrogens (primary N) is 1. The van der Waals surface area contributed by atoms with Crippen LogP contribution in [-0.2, 0) is 17.7 Å². The van der Waals surface area contributed by atoms with Crippen LogP contribution in [0.15, 0.2) is 12.3 Å². The maximum Gasteiger partial charge on any atom is 0.335 e. The van der Waals surface area contributed by atoms with E-state index in [0.29, 0.717) is 11.5 Å². The third-order valence-corrected chi connectivity index (χ3v) is 17.6. The number of hydrogen-bond donors (Lipinski definition) is 2. The number of alkyl halides is 1. The molecule has 33 heavy (non-hydrogen) atoms. The van der Waals surface area contributed by atoms with Crippen molar-refractivity contribution in [1.82, 2.24) is 14.8 Å². The molecule has 2 aromatic rings. The van der Waals surface area contributed by atoms with Crippen LogP contribution in [0.25, 0.3) is 11.0 Å². The Hall–Kier alpha value is -1.25. The van der Waals surface area contributed by atoms with Crippen LogP contribution in [0.1, 0.15) is 61.6 Å². The molecule has 2 saturated heterocycles. The van der Waals surface area contributed by atoms with Gasteiger partial charge in [-0.25, -0.2) is 4.39 Å². The second kappa shape index (κ2) is 8.76. The highest BCUT2D eigenvalue weighted by molar-refractivity contribution is 6.83. The number of fused-ring (bicyclic) bond motifs is 2. The Morgan fingerprint density at radius 3 is 2.24 bits per heavy atom. The highest BCUT2D eigenvalue weighted by Crippen LogP contribution is 2.49. The first-order valence-corrected chi connectivity index (χ1v) is 16.0. The van der Waals surface area contributed by atoms with Crippen molar-refractivity contribution in [3.63, 3.8) is 0 Å². The monoisotopic (exact) mass is 498 g/mol. The zero-order valence-corrected chi connectivity index (χ0v) is 23.0. The van der Waals surface area contributed by atoms with Crippen LogP contribution in [-0.4, -0.2) is 56.9 Å². The largest absolute Gasteiger partial charge is 0.414 e. The molecule has 0 radical (unpaired) electrons. The second-order valence-corrected chi connectivity index (χ2v) is 19.5. The molecular weight excluding hydrogens is 459 g/mol. The van der Waals surface area contributed by atoms with E-state index in [1.54, 1.807) is 10.8 Å². The lowest BCUT2D eigenvalue weighted by molar-refractivity contribution is -0.0551. The molecule has 4 heterocycles. The van der Waals surface area contributed by atoms with Crippen LogP contribution in [0.3, 0.4) is 0 Å². The van der Waals surface area contributed by atoms with Gasteiger partial charge in [0.1, 0.15) is 17.9 Å². The van der Waals surface area contributed by atoms with Crippen LogP contribution < -0.4 is 5.73 Å². The molecule has 2 aliphatic rings. The van der Waals surface area contributed by atoms with Crippen molar-refractivity contribution in [1.29, 1.82) is 0 Å². The fourth-order valence-corrected chi connectivity index (χ4v) is 16.7. The van der Waals surface area contributed by atoms with Gasteiger partial charge >= 0.3 is 17.1 Å². The predicted molar refractivity (Wildman–Crippen MR) is 131 cm³/mol. The van der Waals surface area contributed by atoms with Gasteiger partial charge in [-0.05, 0) is 28.2 Å². The zero-order chi connectivity index (χ0) is 24.3. The van der Waals surface area contributed by atoms with Crippen molar-refractivity contribution in [3.8, 4) is 0 Å². The number of halogens is 1. The first kappa shape index (κ1) is 24.9. The first-order chi connectivity index (χ1) is 15.4. The van der Waals surface area contributed by atoms with Gasteiger partial charge in [0, 0.05) is 6.20 Å². The van der Waals surface area contributed by atoms with E-state index in [-0.39, 0.29) is 28.8 Å². The van der Waals surface area contributed by atoms with Crippen LogP contribution in [0.2, 0.25) is 22.2 Å². The van der Waals surface area contributed by atoms with E-state index >= 15 is 4.39 Å². The van der Waals surface area contributed by atoms with Gasteiger partial charge in [-0.1, -0.05) is 55.4 Å². The SMILES string of the molecule is CC(C)[Si]1(C(C)C)OC[C@H]2O[C@@H](n3ccc4c(N)n[nH]c43)C(F)C2O[Si](C(C)C)(C(C)C)O1. The van der Waals surface area contributed by atoms with Crippen LogP contribution in [0, 0.1) is 0 Å². The summed E-state index contributed by atoms with van der Waals surface area (Å²) in [6.07, 6.45) is -1.77. The maximum atomic E-state index is 16.1. The number of rotatable bonds is 5. The van der Waals surface area contributed by atoms with Crippen molar-refractivity contribution in [2.75, 3.05) is 12.3 Å². The highest BCUT2D eigenvalue weighted by Gasteiger charge is 2.62. The Morgan fingerprint density at radius 1 is 1.06 bits per heavy atom. The number of nitrogens with zero attached hydrogens (tertiary/aromatic N) is 2. The van der Waals surface area contributed by atoms with Gasteiger partial charge in [0.25, 0.3) is 0 Å². The summed E-state index contributed by atoms with van der Waals surface area (Å²) in [5.74, 6) is 0.381. The normalized spacial score (nSPS) is 29.8. The van der Waals surface area contributed by atoms with Gasteiger partial charge < -0.3 is 28.0 Å². The molecule has 4 atom stereocenters. The van der Waals surface area contributed by atoms with E-state index in [1.165, 1.54) is 0 Å². The number of anilines is 1. The number of hydrogen-bond acceptors (Lipinski definition) is 6. The van der Waals surface area contributed by atoms with Gasteiger partial charge in [0.05, 0.1) is 12.0 Å². The third kappa shape index (κ3) is 3.80. The summed E-state index contributed by atoms with van der Waals surface area (Å²) in [5.41, 5.74) is 7.26. The quantitative estimate of drug-likeness (QED) is 0.554. The Balaban J connectivity index is 1.76. The van der Waals surface area contributed by atoms with E-state index in [1.807, 2.05) is 6.07 Å². The van der Waals surface area contributed by atoms with E-state index in [0.717, 1.165) is 5.39 Å². The number of nitrogen functional groups attached to an aromatic ring is 1. The number of nitrogens with one attached hydrogen (secondary N) is 1. The standard InChI is InChI=1S/C22H39FN4O4Si2/c1-12(2)32(13(3)4)28-11-17-19(30-33(31-32,14(5)6)15(7)8)18(23)22(29-17)27-10-9-16-20(24)25-26-21(16)27/h9-10,12-15,17-19,22H,11H2,1-8H3,(H3,24,25,26)/t17-,18?,19?,22-/m1/s1. The molecule has 0 bridgehead atoms.